The molecule has 0 aromatic heterocycles. The molecule has 0 radical (unpaired) electrons. The number of benzene rings is 1. The third-order valence-electron chi connectivity index (χ3n) is 4.13. The molecule has 1 saturated carbocycles. The summed E-state index contributed by atoms with van der Waals surface area (Å²) < 4.78 is 0. The highest BCUT2D eigenvalue weighted by Crippen LogP contribution is 2.23. The summed E-state index contributed by atoms with van der Waals surface area (Å²) in [4.78, 5) is 0. The maximum absolute atomic E-state index is 5.41. The molecule has 2 atom stereocenters. The molecule has 0 heterocycles. The van der Waals surface area contributed by atoms with E-state index in [4.69, 9.17) is 12.2 Å². The highest BCUT2D eigenvalue weighted by Gasteiger charge is 2.21. The maximum atomic E-state index is 5.41. The van der Waals surface area contributed by atoms with E-state index in [-0.39, 0.29) is 0 Å². The van der Waals surface area contributed by atoms with Gasteiger partial charge < -0.3 is 10.6 Å². The first-order valence-corrected chi connectivity index (χ1v) is 7.66. The van der Waals surface area contributed by atoms with Crippen molar-refractivity contribution in [2.45, 2.75) is 52.1 Å². The molecular weight excluding hydrogens is 252 g/mol. The fourth-order valence-corrected chi connectivity index (χ4v) is 2.96. The Morgan fingerprint density at radius 2 is 2.00 bits per heavy atom. The van der Waals surface area contributed by atoms with Crippen LogP contribution in [0.4, 0.5) is 0 Å². The van der Waals surface area contributed by atoms with Crippen LogP contribution in [-0.4, -0.2) is 11.2 Å². The van der Waals surface area contributed by atoms with Crippen LogP contribution in [0.25, 0.3) is 0 Å². The second kappa shape index (κ2) is 6.90. The van der Waals surface area contributed by atoms with Crippen molar-refractivity contribution in [2.75, 3.05) is 0 Å². The minimum atomic E-state index is 0.547. The van der Waals surface area contributed by atoms with E-state index in [0.717, 1.165) is 17.6 Å². The molecule has 0 bridgehead atoms. The average Bonchev–Trinajstić information content (AvgIpc) is 2.40. The van der Waals surface area contributed by atoms with E-state index in [9.17, 15) is 0 Å². The Bertz CT molecular complexity index is 431. The van der Waals surface area contributed by atoms with Gasteiger partial charge in [-0.3, -0.25) is 0 Å². The largest absolute Gasteiger partial charge is 0.360 e. The second-order valence-electron chi connectivity index (χ2n) is 5.62. The molecule has 2 N–H and O–H groups in total. The van der Waals surface area contributed by atoms with Crippen molar-refractivity contribution in [3.05, 3.63) is 35.4 Å². The summed E-state index contributed by atoms with van der Waals surface area (Å²) in [6, 6.07) is 8.97. The summed E-state index contributed by atoms with van der Waals surface area (Å²) >= 11 is 5.41. The van der Waals surface area contributed by atoms with Crippen LogP contribution in [0.2, 0.25) is 0 Å². The monoisotopic (exact) mass is 276 g/mol. The summed E-state index contributed by atoms with van der Waals surface area (Å²) in [7, 11) is 0. The topological polar surface area (TPSA) is 24.1 Å². The van der Waals surface area contributed by atoms with Gasteiger partial charge in [0.25, 0.3) is 0 Å². The van der Waals surface area contributed by atoms with E-state index < -0.39 is 0 Å². The molecule has 104 valence electrons. The van der Waals surface area contributed by atoms with Gasteiger partial charge in [0.05, 0.1) is 0 Å². The maximum Gasteiger partial charge on any atom is 0.166 e. The van der Waals surface area contributed by atoms with Gasteiger partial charge in [0.15, 0.2) is 5.11 Å². The van der Waals surface area contributed by atoms with Crippen molar-refractivity contribution in [3.63, 3.8) is 0 Å². The second-order valence-corrected chi connectivity index (χ2v) is 6.03. The van der Waals surface area contributed by atoms with E-state index in [1.165, 1.54) is 36.8 Å². The first-order chi connectivity index (χ1) is 9.16. The number of hydrogen-bond acceptors (Lipinski definition) is 1. The Morgan fingerprint density at radius 1 is 1.26 bits per heavy atom. The van der Waals surface area contributed by atoms with Crippen LogP contribution in [0.1, 0.15) is 43.7 Å². The zero-order valence-electron chi connectivity index (χ0n) is 11.9. The number of hydrogen-bond donors (Lipinski definition) is 2. The Labute approximate surface area is 122 Å². The van der Waals surface area contributed by atoms with Gasteiger partial charge in [-0.2, -0.15) is 0 Å². The van der Waals surface area contributed by atoms with Gasteiger partial charge in [0, 0.05) is 12.6 Å². The molecule has 2 rings (SSSR count). The lowest BCUT2D eigenvalue weighted by molar-refractivity contribution is 0.308. The molecule has 0 spiro atoms. The van der Waals surface area contributed by atoms with Crippen molar-refractivity contribution in [2.24, 2.45) is 5.92 Å². The average molecular weight is 276 g/mol. The van der Waals surface area contributed by atoms with Gasteiger partial charge in [-0.1, -0.05) is 44.0 Å². The number of aryl methyl sites for hydroxylation is 1. The van der Waals surface area contributed by atoms with E-state index >= 15 is 0 Å². The number of rotatable bonds is 3. The standard InChI is InChI=1S/C16H24N2S/c1-12-7-3-5-9-14(12)11-17-16(19)18-15-10-6-4-8-13(15)2/h3,5,7,9,13,15H,4,6,8,10-11H2,1-2H3,(H2,17,18,19)/t13-,15-/m1/s1. The highest BCUT2D eigenvalue weighted by molar-refractivity contribution is 7.80. The molecule has 1 fully saturated rings. The zero-order chi connectivity index (χ0) is 13.7. The summed E-state index contributed by atoms with van der Waals surface area (Å²) in [5.41, 5.74) is 2.62. The SMILES string of the molecule is Cc1ccccc1CNC(=S)N[C@@H]1CCCC[C@H]1C. The third kappa shape index (κ3) is 4.20. The molecule has 1 aromatic rings. The van der Waals surface area contributed by atoms with E-state index in [0.29, 0.717) is 6.04 Å². The molecule has 19 heavy (non-hydrogen) atoms. The zero-order valence-corrected chi connectivity index (χ0v) is 12.7. The molecule has 1 aliphatic rings. The summed E-state index contributed by atoms with van der Waals surface area (Å²) in [5.74, 6) is 0.729. The van der Waals surface area contributed by atoms with Gasteiger partial charge in [0.1, 0.15) is 0 Å². The molecule has 2 nitrogen and oxygen atoms in total. The molecule has 1 aromatic carbocycles. The normalized spacial score (nSPS) is 22.8. The lowest BCUT2D eigenvalue weighted by atomic mass is 9.86. The summed E-state index contributed by atoms with van der Waals surface area (Å²) in [6.07, 6.45) is 5.25. The first-order valence-electron chi connectivity index (χ1n) is 7.25. The van der Waals surface area contributed by atoms with E-state index in [2.05, 4.69) is 48.7 Å². The fourth-order valence-electron chi connectivity index (χ4n) is 2.73. The Hall–Kier alpha value is -1.09. The van der Waals surface area contributed by atoms with Crippen molar-refractivity contribution in [3.8, 4) is 0 Å². The number of nitrogens with one attached hydrogen (secondary N) is 2. The van der Waals surface area contributed by atoms with Crippen molar-refractivity contribution in [1.29, 1.82) is 0 Å². The Morgan fingerprint density at radius 3 is 2.74 bits per heavy atom. The van der Waals surface area contributed by atoms with Crippen molar-refractivity contribution >= 4 is 17.3 Å². The van der Waals surface area contributed by atoms with Gasteiger partial charge in [0.2, 0.25) is 0 Å². The van der Waals surface area contributed by atoms with E-state index in [1.54, 1.807) is 0 Å². The van der Waals surface area contributed by atoms with Gasteiger partial charge in [-0.25, -0.2) is 0 Å². The van der Waals surface area contributed by atoms with Crippen LogP contribution in [0.5, 0.6) is 0 Å². The minimum Gasteiger partial charge on any atom is -0.360 e. The molecule has 0 aliphatic heterocycles. The molecular formula is C16H24N2S. The third-order valence-corrected chi connectivity index (χ3v) is 4.39. The van der Waals surface area contributed by atoms with Crippen molar-refractivity contribution < 1.29 is 0 Å². The fraction of sp³-hybridized carbons (Fsp3) is 0.562. The van der Waals surface area contributed by atoms with Crippen LogP contribution in [0.3, 0.4) is 0 Å². The summed E-state index contributed by atoms with van der Waals surface area (Å²) in [5, 5.41) is 7.60. The molecule has 0 amide bonds. The summed E-state index contributed by atoms with van der Waals surface area (Å²) in [6.45, 7) is 5.26. The predicted octanol–water partition coefficient (Wildman–Crippen LogP) is 3.54. The van der Waals surface area contributed by atoms with Crippen LogP contribution in [0.15, 0.2) is 24.3 Å². The van der Waals surface area contributed by atoms with Crippen molar-refractivity contribution in [1.82, 2.24) is 10.6 Å². The Kier molecular flexibility index (Phi) is 5.20. The lowest BCUT2D eigenvalue weighted by Gasteiger charge is -2.30. The highest BCUT2D eigenvalue weighted by atomic mass is 32.1. The quantitative estimate of drug-likeness (QED) is 0.826. The number of thiocarbonyl (C=S) groups is 1. The van der Waals surface area contributed by atoms with E-state index in [1.807, 2.05) is 0 Å². The minimum absolute atomic E-state index is 0.547. The molecule has 1 aliphatic carbocycles. The van der Waals surface area contributed by atoms with Gasteiger partial charge in [-0.15, -0.1) is 0 Å². The molecule has 0 unspecified atom stereocenters. The van der Waals surface area contributed by atoms with Crippen LogP contribution in [-0.2, 0) is 6.54 Å². The molecule has 0 saturated heterocycles. The van der Waals surface area contributed by atoms with Gasteiger partial charge in [-0.05, 0) is 49.0 Å². The molecule has 3 heteroatoms. The first kappa shape index (κ1) is 14.3. The predicted molar refractivity (Wildman–Crippen MR) is 85.2 cm³/mol. The van der Waals surface area contributed by atoms with Crippen LogP contribution >= 0.6 is 12.2 Å². The smallest absolute Gasteiger partial charge is 0.166 e. The Balaban J connectivity index is 1.80. The van der Waals surface area contributed by atoms with Gasteiger partial charge >= 0.3 is 0 Å². The van der Waals surface area contributed by atoms with Crippen LogP contribution < -0.4 is 10.6 Å². The lowest BCUT2D eigenvalue weighted by Crippen LogP contribution is -2.45. The van der Waals surface area contributed by atoms with Crippen LogP contribution in [0, 0.1) is 12.8 Å².